The smallest absolute Gasteiger partial charge is 0.326 e. The van der Waals surface area contributed by atoms with Crippen LogP contribution < -0.4 is 4.72 Å². The van der Waals surface area contributed by atoms with Crippen LogP contribution in [0.25, 0.3) is 0 Å². The molecular formula is C14H20N2O4S. The van der Waals surface area contributed by atoms with E-state index in [1.165, 1.54) is 4.31 Å². The van der Waals surface area contributed by atoms with Crippen LogP contribution in [0.2, 0.25) is 0 Å². The standard InChI is InChI=1S/C14H20N2O4S/c17-14(18)13(12-8-4-3-5-9-12)15-21(19,20)16-10-6-1-2-7-11-16/h3-5,8-9,13,15H,1-2,6-7,10-11H2,(H,17,18). The number of nitrogens with zero attached hydrogens (tertiary/aromatic N) is 1. The zero-order valence-corrected chi connectivity index (χ0v) is 12.6. The SMILES string of the molecule is O=C(O)C(NS(=O)(=O)N1CCCCCC1)c1ccccc1. The van der Waals surface area contributed by atoms with Crippen molar-refractivity contribution in [2.45, 2.75) is 31.7 Å². The van der Waals surface area contributed by atoms with Crippen LogP contribution in [0.5, 0.6) is 0 Å². The van der Waals surface area contributed by atoms with Crippen LogP contribution in [0.15, 0.2) is 30.3 Å². The maximum Gasteiger partial charge on any atom is 0.326 e. The minimum absolute atomic E-state index is 0.420. The van der Waals surface area contributed by atoms with Gasteiger partial charge in [0, 0.05) is 13.1 Å². The van der Waals surface area contributed by atoms with Crippen LogP contribution >= 0.6 is 0 Å². The van der Waals surface area contributed by atoms with E-state index < -0.39 is 22.2 Å². The Kier molecular flexibility index (Phi) is 5.33. The molecule has 0 saturated carbocycles. The molecule has 21 heavy (non-hydrogen) atoms. The number of hydrogen-bond acceptors (Lipinski definition) is 3. The van der Waals surface area contributed by atoms with Gasteiger partial charge in [0.2, 0.25) is 0 Å². The van der Waals surface area contributed by atoms with Crippen molar-refractivity contribution < 1.29 is 18.3 Å². The van der Waals surface area contributed by atoms with Gasteiger partial charge in [0.05, 0.1) is 0 Å². The Morgan fingerprint density at radius 3 is 2.19 bits per heavy atom. The van der Waals surface area contributed by atoms with Crippen molar-refractivity contribution in [1.29, 1.82) is 0 Å². The lowest BCUT2D eigenvalue weighted by molar-refractivity contribution is -0.139. The largest absolute Gasteiger partial charge is 0.480 e. The van der Waals surface area contributed by atoms with Crippen molar-refractivity contribution in [3.8, 4) is 0 Å². The molecule has 1 fully saturated rings. The first kappa shape index (κ1) is 15.9. The molecule has 1 aromatic carbocycles. The highest BCUT2D eigenvalue weighted by atomic mass is 32.2. The van der Waals surface area contributed by atoms with Gasteiger partial charge in [-0.1, -0.05) is 43.2 Å². The highest BCUT2D eigenvalue weighted by Gasteiger charge is 2.30. The summed E-state index contributed by atoms with van der Waals surface area (Å²) in [5.41, 5.74) is 0.420. The molecule has 0 aliphatic carbocycles. The summed E-state index contributed by atoms with van der Waals surface area (Å²) in [5, 5.41) is 9.30. The van der Waals surface area contributed by atoms with Crippen LogP contribution in [0.3, 0.4) is 0 Å². The molecule has 0 bridgehead atoms. The predicted molar refractivity (Wildman–Crippen MR) is 78.9 cm³/mol. The van der Waals surface area contributed by atoms with Gasteiger partial charge >= 0.3 is 5.97 Å². The minimum Gasteiger partial charge on any atom is -0.480 e. The van der Waals surface area contributed by atoms with Gasteiger partial charge in [-0.25, -0.2) is 0 Å². The second-order valence-corrected chi connectivity index (χ2v) is 6.82. The topological polar surface area (TPSA) is 86.7 Å². The molecule has 0 spiro atoms. The highest BCUT2D eigenvalue weighted by Crippen LogP contribution is 2.18. The summed E-state index contributed by atoms with van der Waals surface area (Å²) < 4.78 is 28.4. The van der Waals surface area contributed by atoms with Crippen LogP contribution in [-0.2, 0) is 15.0 Å². The Bertz CT molecular complexity index is 566. The van der Waals surface area contributed by atoms with Gasteiger partial charge in [0.25, 0.3) is 10.2 Å². The molecule has 0 aromatic heterocycles. The van der Waals surface area contributed by atoms with Crippen LogP contribution in [0, 0.1) is 0 Å². The third-order valence-electron chi connectivity index (χ3n) is 3.55. The van der Waals surface area contributed by atoms with Crippen molar-refractivity contribution >= 4 is 16.2 Å². The van der Waals surface area contributed by atoms with E-state index >= 15 is 0 Å². The molecule has 7 heteroatoms. The molecule has 1 aliphatic rings. The maximum atomic E-state index is 12.4. The van der Waals surface area contributed by atoms with Gasteiger partial charge in [0.1, 0.15) is 6.04 Å². The van der Waals surface area contributed by atoms with E-state index in [-0.39, 0.29) is 0 Å². The summed E-state index contributed by atoms with van der Waals surface area (Å²) in [5.74, 6) is -1.21. The van der Waals surface area contributed by atoms with Gasteiger partial charge in [0.15, 0.2) is 0 Å². The molecule has 1 aliphatic heterocycles. The number of rotatable bonds is 5. The number of nitrogens with one attached hydrogen (secondary N) is 1. The quantitative estimate of drug-likeness (QED) is 0.863. The fourth-order valence-electron chi connectivity index (χ4n) is 2.41. The molecule has 0 radical (unpaired) electrons. The fraction of sp³-hybridized carbons (Fsp3) is 0.500. The summed E-state index contributed by atoms with van der Waals surface area (Å²) in [6, 6.07) is 7.07. The first-order valence-electron chi connectivity index (χ1n) is 7.06. The van der Waals surface area contributed by atoms with Gasteiger partial charge in [-0.2, -0.15) is 17.4 Å². The van der Waals surface area contributed by atoms with E-state index in [1.54, 1.807) is 30.3 Å². The van der Waals surface area contributed by atoms with Gasteiger partial charge in [-0.3, -0.25) is 4.79 Å². The number of carbonyl (C=O) groups is 1. The fourth-order valence-corrected chi connectivity index (χ4v) is 3.83. The Morgan fingerprint density at radius 2 is 1.67 bits per heavy atom. The highest BCUT2D eigenvalue weighted by molar-refractivity contribution is 7.87. The van der Waals surface area contributed by atoms with Crippen molar-refractivity contribution in [3.63, 3.8) is 0 Å². The first-order chi connectivity index (χ1) is 10.0. The van der Waals surface area contributed by atoms with Crippen molar-refractivity contribution in [3.05, 3.63) is 35.9 Å². The van der Waals surface area contributed by atoms with E-state index in [1.807, 2.05) is 0 Å². The van der Waals surface area contributed by atoms with Crippen LogP contribution in [-0.4, -0.2) is 36.9 Å². The van der Waals surface area contributed by atoms with E-state index in [0.29, 0.717) is 18.7 Å². The Labute approximate surface area is 125 Å². The molecule has 1 atom stereocenters. The second kappa shape index (κ2) is 7.02. The zero-order chi connectivity index (χ0) is 15.3. The Morgan fingerprint density at radius 1 is 1.10 bits per heavy atom. The maximum absolute atomic E-state index is 12.4. The third-order valence-corrected chi connectivity index (χ3v) is 5.13. The molecule has 1 aromatic rings. The summed E-state index contributed by atoms with van der Waals surface area (Å²) in [6.45, 7) is 0.882. The third kappa shape index (κ3) is 4.26. The summed E-state index contributed by atoms with van der Waals surface area (Å²) in [6.07, 6.45) is 3.63. The molecule has 2 rings (SSSR count). The normalized spacial score (nSPS) is 18.9. The van der Waals surface area contributed by atoms with Crippen LogP contribution in [0.1, 0.15) is 37.3 Å². The lowest BCUT2D eigenvalue weighted by Crippen LogP contribution is -2.44. The molecular weight excluding hydrogens is 292 g/mol. The lowest BCUT2D eigenvalue weighted by Gasteiger charge is -2.23. The number of carboxylic acids is 1. The molecule has 0 amide bonds. The van der Waals surface area contributed by atoms with Crippen molar-refractivity contribution in [2.24, 2.45) is 0 Å². The minimum atomic E-state index is -3.80. The molecule has 6 nitrogen and oxygen atoms in total. The average molecular weight is 312 g/mol. The average Bonchev–Trinajstić information content (AvgIpc) is 2.75. The Hall–Kier alpha value is -1.44. The van der Waals surface area contributed by atoms with E-state index in [9.17, 15) is 18.3 Å². The lowest BCUT2D eigenvalue weighted by atomic mass is 10.1. The van der Waals surface area contributed by atoms with E-state index in [4.69, 9.17) is 0 Å². The first-order valence-corrected chi connectivity index (χ1v) is 8.50. The number of hydrogen-bond donors (Lipinski definition) is 2. The molecule has 1 unspecified atom stereocenters. The van der Waals surface area contributed by atoms with Gasteiger partial charge < -0.3 is 5.11 Å². The summed E-state index contributed by atoms with van der Waals surface area (Å²) in [7, 11) is -3.80. The molecule has 116 valence electrons. The molecule has 1 heterocycles. The van der Waals surface area contributed by atoms with Gasteiger partial charge in [-0.15, -0.1) is 0 Å². The number of carboxylic acid groups (broad SMARTS) is 1. The summed E-state index contributed by atoms with van der Waals surface area (Å²) in [4.78, 5) is 11.4. The number of aliphatic carboxylic acids is 1. The number of benzene rings is 1. The second-order valence-electron chi connectivity index (χ2n) is 5.12. The predicted octanol–water partition coefficient (Wildman–Crippen LogP) is 1.52. The van der Waals surface area contributed by atoms with E-state index in [2.05, 4.69) is 4.72 Å². The summed E-state index contributed by atoms with van der Waals surface area (Å²) >= 11 is 0. The molecule has 2 N–H and O–H groups in total. The van der Waals surface area contributed by atoms with Crippen molar-refractivity contribution in [2.75, 3.05) is 13.1 Å². The monoisotopic (exact) mass is 312 g/mol. The Balaban J connectivity index is 2.17. The van der Waals surface area contributed by atoms with E-state index in [0.717, 1.165) is 25.7 Å². The van der Waals surface area contributed by atoms with Crippen LogP contribution in [0.4, 0.5) is 0 Å². The molecule has 1 saturated heterocycles. The zero-order valence-electron chi connectivity index (χ0n) is 11.7. The van der Waals surface area contributed by atoms with Crippen molar-refractivity contribution in [1.82, 2.24) is 9.03 Å². The van der Waals surface area contributed by atoms with Gasteiger partial charge in [-0.05, 0) is 18.4 Å².